The minimum atomic E-state index is -1.07. The van der Waals surface area contributed by atoms with Crippen molar-refractivity contribution in [2.75, 3.05) is 13.2 Å². The SMILES string of the molecule is Cc1ccc(CC(C)(C)NC[C@@H](O)CO[C@H](C)c2ccccc2Oc2ccc(C(=O)O)cc2Cl)cc1F. The molecule has 0 radical (unpaired) electrons. The number of rotatable bonds is 12. The second-order valence-electron chi connectivity index (χ2n) is 9.74. The Morgan fingerprint density at radius 2 is 1.84 bits per heavy atom. The summed E-state index contributed by atoms with van der Waals surface area (Å²) in [4.78, 5) is 11.1. The molecular formula is C29H33ClFNO5. The number of aromatic carboxylic acids is 1. The normalized spacial score (nSPS) is 13.3. The van der Waals surface area contributed by atoms with Crippen LogP contribution in [0.5, 0.6) is 11.5 Å². The van der Waals surface area contributed by atoms with Crippen LogP contribution in [-0.4, -0.2) is 41.0 Å². The monoisotopic (exact) mass is 529 g/mol. The second kappa shape index (κ2) is 12.5. The van der Waals surface area contributed by atoms with Crippen molar-refractivity contribution in [1.29, 1.82) is 0 Å². The highest BCUT2D eigenvalue weighted by Crippen LogP contribution is 2.35. The number of aryl methyl sites for hydroxylation is 1. The third-order valence-electron chi connectivity index (χ3n) is 5.99. The lowest BCUT2D eigenvalue weighted by molar-refractivity contribution is -0.00481. The topological polar surface area (TPSA) is 88.0 Å². The summed E-state index contributed by atoms with van der Waals surface area (Å²) in [6.45, 7) is 7.99. The molecule has 8 heteroatoms. The van der Waals surface area contributed by atoms with Gasteiger partial charge in [0.05, 0.1) is 29.4 Å². The quantitative estimate of drug-likeness (QED) is 0.254. The molecule has 2 atom stereocenters. The number of hydrogen-bond acceptors (Lipinski definition) is 5. The van der Waals surface area contributed by atoms with Crippen LogP contribution in [0.25, 0.3) is 0 Å². The van der Waals surface area contributed by atoms with Gasteiger partial charge in [-0.15, -0.1) is 0 Å². The van der Waals surface area contributed by atoms with E-state index in [0.29, 0.717) is 30.0 Å². The maximum Gasteiger partial charge on any atom is 0.335 e. The van der Waals surface area contributed by atoms with Crippen molar-refractivity contribution in [3.05, 3.63) is 93.8 Å². The van der Waals surface area contributed by atoms with E-state index in [1.54, 1.807) is 25.1 Å². The van der Waals surface area contributed by atoms with E-state index < -0.39 is 18.2 Å². The molecule has 37 heavy (non-hydrogen) atoms. The van der Waals surface area contributed by atoms with Crippen molar-refractivity contribution in [3.63, 3.8) is 0 Å². The largest absolute Gasteiger partial charge is 0.478 e. The van der Waals surface area contributed by atoms with Gasteiger partial charge in [0.1, 0.15) is 17.3 Å². The van der Waals surface area contributed by atoms with Crippen molar-refractivity contribution in [3.8, 4) is 11.5 Å². The number of carboxylic acids is 1. The smallest absolute Gasteiger partial charge is 0.335 e. The second-order valence-corrected chi connectivity index (χ2v) is 10.2. The van der Waals surface area contributed by atoms with Crippen LogP contribution in [0.3, 0.4) is 0 Å². The van der Waals surface area contributed by atoms with E-state index in [2.05, 4.69) is 5.32 Å². The minimum absolute atomic E-state index is 0.0686. The van der Waals surface area contributed by atoms with Gasteiger partial charge in [-0.05, 0) is 75.6 Å². The summed E-state index contributed by atoms with van der Waals surface area (Å²) in [5.74, 6) is -0.457. The van der Waals surface area contributed by atoms with Crippen LogP contribution in [0.4, 0.5) is 4.39 Å². The number of hydrogen-bond donors (Lipinski definition) is 3. The Morgan fingerprint density at radius 3 is 2.51 bits per heavy atom. The van der Waals surface area contributed by atoms with Crippen LogP contribution < -0.4 is 10.1 Å². The fourth-order valence-electron chi connectivity index (χ4n) is 3.86. The van der Waals surface area contributed by atoms with E-state index in [4.69, 9.17) is 26.2 Å². The Kier molecular flexibility index (Phi) is 9.68. The van der Waals surface area contributed by atoms with Gasteiger partial charge >= 0.3 is 5.97 Å². The summed E-state index contributed by atoms with van der Waals surface area (Å²) in [6.07, 6.45) is -0.552. The molecule has 0 fully saturated rings. The van der Waals surface area contributed by atoms with Crippen LogP contribution in [0.2, 0.25) is 5.02 Å². The molecule has 3 aromatic rings. The fraction of sp³-hybridized carbons (Fsp3) is 0.345. The summed E-state index contributed by atoms with van der Waals surface area (Å²) in [5, 5.41) is 23.2. The van der Waals surface area contributed by atoms with E-state index in [1.165, 1.54) is 18.2 Å². The molecule has 0 aliphatic heterocycles. The molecule has 198 valence electrons. The van der Waals surface area contributed by atoms with E-state index >= 15 is 0 Å². The van der Waals surface area contributed by atoms with Gasteiger partial charge in [0.15, 0.2) is 0 Å². The van der Waals surface area contributed by atoms with Crippen LogP contribution in [0.1, 0.15) is 53.9 Å². The van der Waals surface area contributed by atoms with Crippen LogP contribution in [0, 0.1) is 12.7 Å². The van der Waals surface area contributed by atoms with Crippen LogP contribution >= 0.6 is 11.6 Å². The van der Waals surface area contributed by atoms with Gasteiger partial charge in [-0.2, -0.15) is 0 Å². The maximum absolute atomic E-state index is 13.9. The number of nitrogens with one attached hydrogen (secondary N) is 1. The molecule has 0 bridgehead atoms. The molecule has 3 aromatic carbocycles. The molecule has 3 N–H and O–H groups in total. The van der Waals surface area contributed by atoms with Crippen molar-refractivity contribution in [1.82, 2.24) is 5.32 Å². The Hall–Kier alpha value is -2.97. The third kappa shape index (κ3) is 8.27. The molecule has 0 aliphatic carbocycles. The zero-order valence-corrected chi connectivity index (χ0v) is 22.2. The summed E-state index contributed by atoms with van der Waals surface area (Å²) in [7, 11) is 0. The lowest BCUT2D eigenvalue weighted by atomic mass is 9.94. The van der Waals surface area contributed by atoms with Crippen molar-refractivity contribution >= 4 is 17.6 Å². The number of benzene rings is 3. The van der Waals surface area contributed by atoms with E-state index in [9.17, 15) is 14.3 Å². The lowest BCUT2D eigenvalue weighted by Gasteiger charge is -2.28. The number of β-amino-alcohol motifs (C(OH)–C–C–N with tert-alkyl or cyclic N) is 1. The molecular weight excluding hydrogens is 497 g/mol. The van der Waals surface area contributed by atoms with E-state index in [0.717, 1.165) is 11.1 Å². The molecule has 0 spiro atoms. The first-order chi connectivity index (χ1) is 17.4. The van der Waals surface area contributed by atoms with Gasteiger partial charge in [0, 0.05) is 17.6 Å². The number of aliphatic hydroxyl groups excluding tert-OH is 1. The third-order valence-corrected chi connectivity index (χ3v) is 6.29. The number of aliphatic hydroxyl groups is 1. The first kappa shape index (κ1) is 28.6. The molecule has 0 heterocycles. The molecule has 0 aliphatic rings. The first-order valence-corrected chi connectivity index (χ1v) is 12.4. The molecule has 6 nitrogen and oxygen atoms in total. The van der Waals surface area contributed by atoms with E-state index in [1.807, 2.05) is 45.0 Å². The Labute approximate surface area is 222 Å². The number of ether oxygens (including phenoxy) is 2. The summed E-state index contributed by atoms with van der Waals surface area (Å²) >= 11 is 6.22. The summed E-state index contributed by atoms with van der Waals surface area (Å²) in [5.41, 5.74) is 1.96. The minimum Gasteiger partial charge on any atom is -0.478 e. The number of halogens is 2. The molecule has 0 unspecified atom stereocenters. The highest BCUT2D eigenvalue weighted by atomic mass is 35.5. The van der Waals surface area contributed by atoms with Gasteiger partial charge < -0.3 is 25.0 Å². The standard InChI is InChI=1S/C29H33ClFNO5/c1-18-9-10-20(13-25(18)31)15-29(3,4)32-16-22(33)17-36-19(2)23-7-5-6-8-26(23)37-27-12-11-21(28(34)35)14-24(27)30/h5-14,19,22,32-33H,15-17H2,1-4H3,(H,34,35)/t19-,22-/m1/s1. The molecule has 0 saturated carbocycles. The van der Waals surface area contributed by atoms with Gasteiger partial charge in [-0.25, -0.2) is 9.18 Å². The Bertz CT molecular complexity index is 1230. The zero-order valence-electron chi connectivity index (χ0n) is 21.4. The van der Waals surface area contributed by atoms with Crippen LogP contribution in [0.15, 0.2) is 60.7 Å². The predicted molar refractivity (Wildman–Crippen MR) is 142 cm³/mol. The average molecular weight is 530 g/mol. The number of para-hydroxylation sites is 1. The Balaban J connectivity index is 1.55. The summed E-state index contributed by atoms with van der Waals surface area (Å²) in [6, 6.07) is 16.8. The van der Waals surface area contributed by atoms with Gasteiger partial charge in [0.25, 0.3) is 0 Å². The number of carboxylic acid groups (broad SMARTS) is 1. The van der Waals surface area contributed by atoms with Gasteiger partial charge in [-0.1, -0.05) is 41.9 Å². The fourth-order valence-corrected chi connectivity index (χ4v) is 4.08. The molecule has 0 aromatic heterocycles. The van der Waals surface area contributed by atoms with Gasteiger partial charge in [-0.3, -0.25) is 0 Å². The maximum atomic E-state index is 13.9. The molecule has 3 rings (SSSR count). The van der Waals surface area contributed by atoms with Crippen molar-refractivity contribution < 1.29 is 28.9 Å². The van der Waals surface area contributed by atoms with Crippen LogP contribution in [-0.2, 0) is 11.2 Å². The Morgan fingerprint density at radius 1 is 1.11 bits per heavy atom. The highest BCUT2D eigenvalue weighted by molar-refractivity contribution is 6.32. The van der Waals surface area contributed by atoms with Crippen molar-refractivity contribution in [2.45, 2.75) is 51.9 Å². The average Bonchev–Trinajstić information content (AvgIpc) is 2.85. The molecule has 0 saturated heterocycles. The van der Waals surface area contributed by atoms with Gasteiger partial charge in [0.2, 0.25) is 0 Å². The highest BCUT2D eigenvalue weighted by Gasteiger charge is 2.21. The summed E-state index contributed by atoms with van der Waals surface area (Å²) < 4.78 is 25.8. The lowest BCUT2D eigenvalue weighted by Crippen LogP contribution is -2.46. The van der Waals surface area contributed by atoms with Crippen molar-refractivity contribution in [2.24, 2.45) is 0 Å². The number of carbonyl (C=O) groups is 1. The van der Waals surface area contributed by atoms with E-state index in [-0.39, 0.29) is 28.5 Å². The molecule has 0 amide bonds. The predicted octanol–water partition coefficient (Wildman–Crippen LogP) is 6.33. The zero-order chi connectivity index (χ0) is 27.2. The first-order valence-electron chi connectivity index (χ1n) is 12.0.